The molecule has 4 nitrogen and oxygen atoms in total. The summed E-state index contributed by atoms with van der Waals surface area (Å²) in [5.41, 5.74) is 2.25. The maximum absolute atomic E-state index is 12.7. The molecule has 170 valence electrons. The molecule has 2 rings (SSSR count). The standard InChI is InChI=1S/C26H39NO3Si/c1-20(2)29-24(28)18-23(27-19-21-14-10-8-11-15-21)25(22-16-12-9-13-17-22)30-31(6,7)26(3,4)5/h8-17,20,23,25,27H,18-19H2,1-7H3/t23-,25+/m1/s1. The number of esters is 1. The lowest BCUT2D eigenvalue weighted by atomic mass is 9.99. The van der Waals surface area contributed by atoms with Gasteiger partial charge < -0.3 is 14.5 Å². The fraction of sp³-hybridized carbons (Fsp3) is 0.500. The van der Waals surface area contributed by atoms with Crippen LogP contribution in [0.4, 0.5) is 0 Å². The molecule has 0 radical (unpaired) electrons. The molecule has 2 aromatic rings. The molecule has 2 atom stereocenters. The lowest BCUT2D eigenvalue weighted by molar-refractivity contribution is -0.148. The number of ether oxygens (including phenoxy) is 1. The van der Waals surface area contributed by atoms with Crippen LogP contribution in [0, 0.1) is 0 Å². The molecular weight excluding hydrogens is 402 g/mol. The first kappa shape index (κ1) is 25.3. The second-order valence-corrected chi connectivity index (χ2v) is 14.7. The third kappa shape index (κ3) is 7.91. The molecule has 2 aromatic carbocycles. The Bertz CT molecular complexity index is 800. The smallest absolute Gasteiger partial charge is 0.307 e. The van der Waals surface area contributed by atoms with Gasteiger partial charge in [-0.3, -0.25) is 4.79 Å². The van der Waals surface area contributed by atoms with Crippen molar-refractivity contribution in [2.45, 2.75) is 84.0 Å². The van der Waals surface area contributed by atoms with Gasteiger partial charge in [0.2, 0.25) is 0 Å². The predicted molar refractivity (Wildman–Crippen MR) is 130 cm³/mol. The monoisotopic (exact) mass is 441 g/mol. The molecular formula is C26H39NO3Si. The van der Waals surface area contributed by atoms with Gasteiger partial charge in [0.25, 0.3) is 0 Å². The molecule has 1 N–H and O–H groups in total. The first-order valence-corrected chi connectivity index (χ1v) is 14.1. The fourth-order valence-electron chi connectivity index (χ4n) is 3.14. The predicted octanol–water partition coefficient (Wildman–Crippen LogP) is 6.25. The van der Waals surface area contributed by atoms with E-state index in [1.807, 2.05) is 50.2 Å². The average Bonchev–Trinajstić information content (AvgIpc) is 2.69. The highest BCUT2D eigenvalue weighted by Gasteiger charge is 2.41. The fourth-order valence-corrected chi connectivity index (χ4v) is 4.43. The van der Waals surface area contributed by atoms with Gasteiger partial charge in [0, 0.05) is 12.6 Å². The van der Waals surface area contributed by atoms with E-state index in [9.17, 15) is 4.79 Å². The van der Waals surface area contributed by atoms with E-state index in [1.54, 1.807) is 0 Å². The lowest BCUT2D eigenvalue weighted by Gasteiger charge is -2.41. The van der Waals surface area contributed by atoms with Gasteiger partial charge >= 0.3 is 5.97 Å². The minimum Gasteiger partial charge on any atom is -0.463 e. The molecule has 0 amide bonds. The van der Waals surface area contributed by atoms with Crippen molar-refractivity contribution in [2.24, 2.45) is 0 Å². The number of carbonyl (C=O) groups excluding carboxylic acids is 1. The van der Waals surface area contributed by atoms with Crippen molar-refractivity contribution in [1.29, 1.82) is 0 Å². The summed E-state index contributed by atoms with van der Waals surface area (Å²) < 4.78 is 12.4. The quantitative estimate of drug-likeness (QED) is 0.350. The van der Waals surface area contributed by atoms with Gasteiger partial charge in [-0.15, -0.1) is 0 Å². The van der Waals surface area contributed by atoms with E-state index in [4.69, 9.17) is 9.16 Å². The molecule has 0 aliphatic heterocycles. The van der Waals surface area contributed by atoms with Crippen molar-refractivity contribution in [3.63, 3.8) is 0 Å². The minimum absolute atomic E-state index is 0.0580. The average molecular weight is 442 g/mol. The lowest BCUT2D eigenvalue weighted by Crippen LogP contribution is -2.47. The SMILES string of the molecule is CC(C)OC(=O)C[C@@H](NCc1ccccc1)[C@@H](O[Si](C)(C)C(C)(C)C)c1ccccc1. The van der Waals surface area contributed by atoms with Gasteiger partial charge in [-0.1, -0.05) is 81.4 Å². The van der Waals surface area contributed by atoms with Crippen LogP contribution in [0.1, 0.15) is 58.3 Å². The van der Waals surface area contributed by atoms with Gasteiger partial charge in [-0.2, -0.15) is 0 Å². The number of hydrogen-bond acceptors (Lipinski definition) is 4. The summed E-state index contributed by atoms with van der Waals surface area (Å²) in [6, 6.07) is 20.3. The van der Waals surface area contributed by atoms with Gasteiger partial charge in [-0.25, -0.2) is 0 Å². The summed E-state index contributed by atoms with van der Waals surface area (Å²) in [4.78, 5) is 12.7. The molecule has 0 aliphatic rings. The van der Waals surface area contributed by atoms with Crippen molar-refractivity contribution in [3.8, 4) is 0 Å². The Balaban J connectivity index is 2.36. The summed E-state index contributed by atoms with van der Waals surface area (Å²) in [5, 5.41) is 3.67. The molecule has 0 bridgehead atoms. The van der Waals surface area contributed by atoms with Gasteiger partial charge in [-0.05, 0) is 43.1 Å². The molecule has 0 heterocycles. The second-order valence-electron chi connectivity index (χ2n) is 9.93. The zero-order valence-corrected chi connectivity index (χ0v) is 21.1. The Morgan fingerprint density at radius 3 is 2.03 bits per heavy atom. The van der Waals surface area contributed by atoms with E-state index < -0.39 is 8.32 Å². The maximum Gasteiger partial charge on any atom is 0.307 e. The van der Waals surface area contributed by atoms with Crippen molar-refractivity contribution in [2.75, 3.05) is 0 Å². The summed E-state index contributed by atoms with van der Waals surface area (Å²) in [5.74, 6) is -0.208. The van der Waals surface area contributed by atoms with Crippen molar-refractivity contribution >= 4 is 14.3 Å². The number of carbonyl (C=O) groups is 1. The van der Waals surface area contributed by atoms with Crippen molar-refractivity contribution < 1.29 is 14.0 Å². The molecule has 0 saturated carbocycles. The van der Waals surface area contributed by atoms with Crippen molar-refractivity contribution in [1.82, 2.24) is 5.32 Å². The van der Waals surface area contributed by atoms with E-state index in [0.717, 1.165) is 5.56 Å². The third-order valence-corrected chi connectivity index (χ3v) is 10.3. The Morgan fingerprint density at radius 2 is 1.52 bits per heavy atom. The summed E-state index contributed by atoms with van der Waals surface area (Å²) in [6.45, 7) is 15.6. The van der Waals surface area contributed by atoms with E-state index in [-0.39, 0.29) is 35.7 Å². The molecule has 0 fully saturated rings. The highest BCUT2D eigenvalue weighted by atomic mass is 28.4. The third-order valence-electron chi connectivity index (χ3n) is 5.89. The Labute approximate surface area is 189 Å². The number of nitrogens with one attached hydrogen (secondary N) is 1. The minimum atomic E-state index is -2.10. The molecule has 0 aromatic heterocycles. The Morgan fingerprint density at radius 1 is 0.968 bits per heavy atom. The topological polar surface area (TPSA) is 47.6 Å². The van der Waals surface area contributed by atoms with Crippen LogP contribution in [0.5, 0.6) is 0 Å². The number of hydrogen-bond donors (Lipinski definition) is 1. The van der Waals surface area contributed by atoms with E-state index >= 15 is 0 Å². The highest BCUT2D eigenvalue weighted by Crippen LogP contribution is 2.41. The van der Waals surface area contributed by atoms with Gasteiger partial charge in [0.15, 0.2) is 8.32 Å². The molecule has 31 heavy (non-hydrogen) atoms. The van der Waals surface area contributed by atoms with Gasteiger partial charge in [0.1, 0.15) is 0 Å². The number of benzene rings is 2. The summed E-state index contributed by atoms with van der Waals surface area (Å²) in [6.07, 6.45) is -0.136. The maximum atomic E-state index is 12.7. The van der Waals surface area contributed by atoms with Crippen LogP contribution in [0.25, 0.3) is 0 Å². The molecule has 0 unspecified atom stereocenters. The van der Waals surface area contributed by atoms with Crippen molar-refractivity contribution in [3.05, 3.63) is 71.8 Å². The zero-order chi connectivity index (χ0) is 23.1. The van der Waals surface area contributed by atoms with E-state index in [2.05, 4.69) is 63.4 Å². The Hall–Kier alpha value is -1.95. The van der Waals surface area contributed by atoms with Crippen LogP contribution in [0.15, 0.2) is 60.7 Å². The molecule has 0 saturated heterocycles. The highest BCUT2D eigenvalue weighted by molar-refractivity contribution is 6.74. The van der Waals surface area contributed by atoms with Crippen LogP contribution in [0.3, 0.4) is 0 Å². The van der Waals surface area contributed by atoms with Gasteiger partial charge in [0.05, 0.1) is 18.6 Å². The van der Waals surface area contributed by atoms with Crippen LogP contribution in [-0.2, 0) is 20.5 Å². The van der Waals surface area contributed by atoms with Crippen LogP contribution >= 0.6 is 0 Å². The largest absolute Gasteiger partial charge is 0.463 e. The summed E-state index contributed by atoms with van der Waals surface area (Å²) in [7, 11) is -2.10. The van der Waals surface area contributed by atoms with Crippen LogP contribution < -0.4 is 5.32 Å². The molecule has 0 spiro atoms. The molecule has 5 heteroatoms. The van der Waals surface area contributed by atoms with Crippen LogP contribution in [-0.4, -0.2) is 26.4 Å². The number of rotatable bonds is 10. The normalized spacial score (nSPS) is 14.3. The van der Waals surface area contributed by atoms with E-state index in [0.29, 0.717) is 6.54 Å². The first-order valence-electron chi connectivity index (χ1n) is 11.2. The van der Waals surface area contributed by atoms with E-state index in [1.165, 1.54) is 5.56 Å². The van der Waals surface area contributed by atoms with Crippen LogP contribution in [0.2, 0.25) is 18.1 Å². The zero-order valence-electron chi connectivity index (χ0n) is 20.1. The second kappa shape index (κ2) is 11.1. The first-order chi connectivity index (χ1) is 14.5. The molecule has 0 aliphatic carbocycles. The Kier molecular flexibility index (Phi) is 9.04. The summed E-state index contributed by atoms with van der Waals surface area (Å²) >= 11 is 0.